The molecule has 3 rings (SSSR count). The van der Waals surface area contributed by atoms with Crippen molar-refractivity contribution >= 4 is 0 Å². The monoisotopic (exact) mass is 269 g/mol. The van der Waals surface area contributed by atoms with Crippen LogP contribution in [0.25, 0.3) is 0 Å². The van der Waals surface area contributed by atoms with Crippen LogP contribution in [0.2, 0.25) is 0 Å². The summed E-state index contributed by atoms with van der Waals surface area (Å²) in [4.78, 5) is 2.32. The van der Waals surface area contributed by atoms with E-state index in [4.69, 9.17) is 0 Å². The second-order valence-electron chi connectivity index (χ2n) is 5.04. The average Bonchev–Trinajstić information content (AvgIpc) is 2.52. The van der Waals surface area contributed by atoms with Crippen LogP contribution in [0.15, 0.2) is 54.6 Å². The fourth-order valence-corrected chi connectivity index (χ4v) is 2.80. The zero-order chi connectivity index (χ0) is 13.8. The van der Waals surface area contributed by atoms with Crippen LogP contribution < -0.4 is 5.32 Å². The Labute approximate surface area is 119 Å². The number of halogens is 1. The summed E-state index contributed by atoms with van der Waals surface area (Å²) in [6.45, 7) is 3.43. The molecule has 1 atom stereocenters. The van der Waals surface area contributed by atoms with Gasteiger partial charge in [0, 0.05) is 31.7 Å². The molecule has 3 heteroatoms. The molecule has 1 aliphatic heterocycles. The predicted octanol–water partition coefficient (Wildman–Crippen LogP) is 2.84. The highest BCUT2D eigenvalue weighted by Gasteiger charge is 2.25. The summed E-state index contributed by atoms with van der Waals surface area (Å²) in [7, 11) is 0. The normalized spacial score (nSPS) is 17.9. The molecule has 0 saturated carbocycles. The van der Waals surface area contributed by atoms with Crippen molar-refractivity contribution in [3.63, 3.8) is 0 Å². The van der Waals surface area contributed by atoms with Crippen LogP contribution in [-0.2, 0) is 0 Å². The smallest absolute Gasteiger partial charge is 0.128 e. The van der Waals surface area contributed by atoms with Crippen molar-refractivity contribution in [2.45, 2.75) is 6.04 Å². The van der Waals surface area contributed by atoms with E-state index in [1.807, 2.05) is 30.3 Å². The van der Waals surface area contributed by atoms with E-state index in [0.29, 0.717) is 0 Å². The predicted molar refractivity (Wildman–Crippen MR) is 78.1 cm³/mol. The second-order valence-corrected chi connectivity index (χ2v) is 5.04. The highest BCUT2D eigenvalue weighted by molar-refractivity contribution is 5.33. The minimum atomic E-state index is -0.135. The van der Waals surface area contributed by atoms with Crippen molar-refractivity contribution in [2.24, 2.45) is 0 Å². The van der Waals surface area contributed by atoms with Crippen molar-refractivity contribution in [1.82, 2.24) is 10.2 Å². The van der Waals surface area contributed by atoms with Crippen LogP contribution in [0, 0.1) is 5.82 Å². The van der Waals surface area contributed by atoms with Crippen LogP contribution >= 0.6 is 0 Å². The largest absolute Gasteiger partial charge is 0.290 e. The molecule has 0 aromatic heterocycles. The molecule has 0 aliphatic carbocycles. The fraction of sp³-hybridized carbons (Fsp3) is 0.294. The van der Waals surface area contributed by atoms with E-state index in [-0.39, 0.29) is 11.9 Å². The minimum Gasteiger partial charge on any atom is -0.290 e. The molecule has 1 unspecified atom stereocenters. The molecular weight excluding hydrogens is 251 g/mol. The Morgan fingerprint density at radius 1 is 0.900 bits per heavy atom. The number of benzene rings is 2. The second kappa shape index (κ2) is 6.16. The number of rotatable bonds is 3. The van der Waals surface area contributed by atoms with Gasteiger partial charge >= 0.3 is 0 Å². The summed E-state index contributed by atoms with van der Waals surface area (Å²) in [5.74, 6) is -0.135. The summed E-state index contributed by atoms with van der Waals surface area (Å²) >= 11 is 0. The van der Waals surface area contributed by atoms with Gasteiger partial charge in [-0.1, -0.05) is 48.5 Å². The minimum absolute atomic E-state index is 0.0205. The zero-order valence-electron chi connectivity index (χ0n) is 11.4. The standard InChI is InChI=1S/C17H18FN2/c18-16-9-5-4-8-15(16)17(14-6-2-1-3-7-14)20-12-10-19-11-13-20/h1-9,17H,10-13H2. The molecule has 0 amide bonds. The molecule has 1 fully saturated rings. The molecule has 1 saturated heterocycles. The molecule has 20 heavy (non-hydrogen) atoms. The molecule has 1 aliphatic rings. The maximum absolute atomic E-state index is 14.2. The highest BCUT2D eigenvalue weighted by Crippen LogP contribution is 2.30. The topological polar surface area (TPSA) is 17.3 Å². The van der Waals surface area contributed by atoms with Crippen molar-refractivity contribution in [3.8, 4) is 0 Å². The first kappa shape index (κ1) is 13.3. The highest BCUT2D eigenvalue weighted by atomic mass is 19.1. The van der Waals surface area contributed by atoms with E-state index in [2.05, 4.69) is 22.3 Å². The van der Waals surface area contributed by atoms with Gasteiger partial charge in [-0.3, -0.25) is 4.90 Å². The molecule has 2 aromatic carbocycles. The van der Waals surface area contributed by atoms with Gasteiger partial charge in [-0.25, -0.2) is 9.71 Å². The number of piperazine rings is 1. The lowest BCUT2D eigenvalue weighted by atomic mass is 9.96. The summed E-state index contributed by atoms with van der Waals surface area (Å²) in [5.41, 5.74) is 1.89. The third-order valence-corrected chi connectivity index (χ3v) is 3.77. The maximum Gasteiger partial charge on any atom is 0.128 e. The SMILES string of the molecule is Fc1ccccc1C(c1ccccc1)N1CC[N]CC1. The third-order valence-electron chi connectivity index (χ3n) is 3.77. The van der Waals surface area contributed by atoms with Gasteiger partial charge in [0.1, 0.15) is 5.82 Å². The Hall–Kier alpha value is -1.71. The molecule has 0 spiro atoms. The van der Waals surface area contributed by atoms with Gasteiger partial charge in [0.2, 0.25) is 0 Å². The van der Waals surface area contributed by atoms with Crippen LogP contribution in [-0.4, -0.2) is 31.1 Å². The summed E-state index contributed by atoms with van der Waals surface area (Å²) in [6, 6.07) is 17.2. The lowest BCUT2D eigenvalue weighted by Gasteiger charge is -2.35. The van der Waals surface area contributed by atoms with Crippen molar-refractivity contribution in [3.05, 3.63) is 71.5 Å². The average molecular weight is 269 g/mol. The molecule has 2 nitrogen and oxygen atoms in total. The van der Waals surface area contributed by atoms with E-state index >= 15 is 0 Å². The Kier molecular flexibility index (Phi) is 4.09. The molecule has 1 heterocycles. The van der Waals surface area contributed by atoms with Crippen molar-refractivity contribution in [2.75, 3.05) is 26.2 Å². The van der Waals surface area contributed by atoms with Crippen LogP contribution in [0.3, 0.4) is 0 Å². The van der Waals surface area contributed by atoms with Crippen LogP contribution in [0.4, 0.5) is 4.39 Å². The first-order chi connectivity index (χ1) is 9.86. The summed E-state index contributed by atoms with van der Waals surface area (Å²) < 4.78 is 14.2. The van der Waals surface area contributed by atoms with E-state index in [1.54, 1.807) is 12.1 Å². The Morgan fingerprint density at radius 3 is 2.25 bits per heavy atom. The van der Waals surface area contributed by atoms with E-state index in [9.17, 15) is 4.39 Å². The van der Waals surface area contributed by atoms with Gasteiger partial charge in [-0.2, -0.15) is 0 Å². The van der Waals surface area contributed by atoms with Gasteiger partial charge < -0.3 is 0 Å². The zero-order valence-corrected chi connectivity index (χ0v) is 11.4. The van der Waals surface area contributed by atoms with E-state index in [1.165, 1.54) is 0 Å². The Bertz CT molecular complexity index is 550. The van der Waals surface area contributed by atoms with Crippen molar-refractivity contribution in [1.29, 1.82) is 0 Å². The first-order valence-electron chi connectivity index (χ1n) is 7.03. The lowest BCUT2D eigenvalue weighted by Crippen LogP contribution is -2.42. The number of hydrogen-bond donors (Lipinski definition) is 0. The Balaban J connectivity index is 2.01. The Morgan fingerprint density at radius 2 is 1.55 bits per heavy atom. The van der Waals surface area contributed by atoms with Crippen LogP contribution in [0.1, 0.15) is 17.2 Å². The molecule has 2 aromatic rings. The number of nitrogens with zero attached hydrogens (tertiary/aromatic N) is 2. The molecule has 0 bridgehead atoms. The van der Waals surface area contributed by atoms with Gasteiger partial charge in [0.25, 0.3) is 0 Å². The van der Waals surface area contributed by atoms with E-state index in [0.717, 1.165) is 37.3 Å². The van der Waals surface area contributed by atoms with Gasteiger partial charge in [-0.15, -0.1) is 0 Å². The quantitative estimate of drug-likeness (QED) is 0.837. The maximum atomic E-state index is 14.2. The van der Waals surface area contributed by atoms with Gasteiger partial charge in [0.15, 0.2) is 0 Å². The summed E-state index contributed by atoms with van der Waals surface area (Å²) in [5, 5.41) is 4.38. The van der Waals surface area contributed by atoms with Gasteiger partial charge in [0.05, 0.1) is 6.04 Å². The summed E-state index contributed by atoms with van der Waals surface area (Å²) in [6.07, 6.45) is 0. The van der Waals surface area contributed by atoms with E-state index < -0.39 is 0 Å². The molecule has 103 valence electrons. The molecule has 1 radical (unpaired) electrons. The van der Waals surface area contributed by atoms with Gasteiger partial charge in [-0.05, 0) is 11.6 Å². The van der Waals surface area contributed by atoms with Crippen molar-refractivity contribution < 1.29 is 4.39 Å². The number of hydrogen-bond acceptors (Lipinski definition) is 1. The molecule has 0 N–H and O–H groups in total. The lowest BCUT2D eigenvalue weighted by molar-refractivity contribution is 0.193. The first-order valence-corrected chi connectivity index (χ1v) is 7.03. The molecular formula is C17H18FN2. The third kappa shape index (κ3) is 2.74. The van der Waals surface area contributed by atoms with Crippen LogP contribution in [0.5, 0.6) is 0 Å². The fourth-order valence-electron chi connectivity index (χ4n) is 2.80.